The number of piperidine rings is 1. The first-order chi connectivity index (χ1) is 7.27. The molecule has 0 radical (unpaired) electrons. The molecule has 0 bridgehead atoms. The molecule has 5 nitrogen and oxygen atoms in total. The van der Waals surface area contributed by atoms with Gasteiger partial charge in [-0.3, -0.25) is 0 Å². The van der Waals surface area contributed by atoms with E-state index >= 15 is 0 Å². The van der Waals surface area contributed by atoms with Crippen LogP contribution in [0.5, 0.6) is 0 Å². The number of hydrogen-bond acceptors (Lipinski definition) is 3. The lowest BCUT2D eigenvalue weighted by Gasteiger charge is -2.36. The molecule has 2 amide bonds. The average Bonchev–Trinajstić information content (AvgIpc) is 2.29. The Morgan fingerprint density at radius 3 is 2.60 bits per heavy atom. The van der Waals surface area contributed by atoms with Crippen molar-refractivity contribution in [2.75, 3.05) is 39.4 Å². The lowest BCUT2D eigenvalue weighted by molar-refractivity contribution is 0.0409. The highest BCUT2D eigenvalue weighted by Gasteiger charge is 2.26. The minimum atomic E-state index is 0.133. The van der Waals surface area contributed by atoms with Crippen molar-refractivity contribution >= 4 is 6.03 Å². The van der Waals surface area contributed by atoms with Crippen molar-refractivity contribution in [3.63, 3.8) is 0 Å². The standard InChI is InChI=1S/C10H19N3O2/c11-9-2-1-3-13(8-9)10(14)12-4-6-15-7-5-12/h9H,1-8,11H2/t9-/m1/s1. The number of morpholine rings is 1. The van der Waals surface area contributed by atoms with Crippen molar-refractivity contribution in [1.29, 1.82) is 0 Å². The van der Waals surface area contributed by atoms with E-state index in [4.69, 9.17) is 10.5 Å². The van der Waals surface area contributed by atoms with Gasteiger partial charge in [-0.15, -0.1) is 0 Å². The number of ether oxygens (including phenoxy) is 1. The maximum absolute atomic E-state index is 12.0. The molecule has 0 aromatic carbocycles. The summed E-state index contributed by atoms with van der Waals surface area (Å²) in [6.45, 7) is 4.30. The third-order valence-corrected chi connectivity index (χ3v) is 3.01. The molecule has 0 aromatic heterocycles. The number of rotatable bonds is 0. The van der Waals surface area contributed by atoms with Crippen LogP contribution >= 0.6 is 0 Å². The van der Waals surface area contributed by atoms with Gasteiger partial charge in [0.25, 0.3) is 0 Å². The molecule has 0 aromatic rings. The van der Waals surface area contributed by atoms with Crippen LogP contribution in [-0.2, 0) is 4.74 Å². The fourth-order valence-corrected chi connectivity index (χ4v) is 2.14. The molecule has 2 aliphatic rings. The maximum atomic E-state index is 12.0. The molecule has 15 heavy (non-hydrogen) atoms. The molecule has 2 heterocycles. The summed E-state index contributed by atoms with van der Waals surface area (Å²) in [4.78, 5) is 15.8. The van der Waals surface area contributed by atoms with Crippen LogP contribution in [0.15, 0.2) is 0 Å². The summed E-state index contributed by atoms with van der Waals surface area (Å²) in [5.41, 5.74) is 5.86. The number of amides is 2. The number of urea groups is 1. The first kappa shape index (κ1) is 10.7. The summed E-state index contributed by atoms with van der Waals surface area (Å²) in [5, 5.41) is 0. The van der Waals surface area contributed by atoms with E-state index < -0.39 is 0 Å². The van der Waals surface area contributed by atoms with Crippen LogP contribution in [-0.4, -0.2) is 61.3 Å². The second-order valence-electron chi connectivity index (χ2n) is 4.23. The molecule has 1 atom stereocenters. The van der Waals surface area contributed by atoms with E-state index in [1.54, 1.807) is 0 Å². The highest BCUT2D eigenvalue weighted by atomic mass is 16.5. The quantitative estimate of drug-likeness (QED) is 0.609. The Hall–Kier alpha value is -0.810. The lowest BCUT2D eigenvalue weighted by Crippen LogP contribution is -2.53. The Morgan fingerprint density at radius 2 is 1.93 bits per heavy atom. The lowest BCUT2D eigenvalue weighted by atomic mass is 10.1. The zero-order valence-electron chi connectivity index (χ0n) is 9.02. The summed E-state index contributed by atoms with van der Waals surface area (Å²) < 4.78 is 5.22. The average molecular weight is 213 g/mol. The molecule has 2 aliphatic heterocycles. The van der Waals surface area contributed by atoms with Gasteiger partial charge in [0.05, 0.1) is 13.2 Å². The molecule has 2 saturated heterocycles. The molecule has 0 unspecified atom stereocenters. The Kier molecular flexibility index (Phi) is 3.43. The molecule has 5 heteroatoms. The number of carbonyl (C=O) groups is 1. The molecular weight excluding hydrogens is 194 g/mol. The van der Waals surface area contributed by atoms with Crippen LogP contribution in [0.25, 0.3) is 0 Å². The third kappa shape index (κ3) is 2.60. The van der Waals surface area contributed by atoms with Crippen molar-refractivity contribution in [2.24, 2.45) is 5.73 Å². The number of likely N-dealkylation sites (tertiary alicyclic amines) is 1. The Morgan fingerprint density at radius 1 is 1.20 bits per heavy atom. The Balaban J connectivity index is 1.88. The van der Waals surface area contributed by atoms with Gasteiger partial charge in [-0.2, -0.15) is 0 Å². The molecule has 0 spiro atoms. The molecule has 2 N–H and O–H groups in total. The highest BCUT2D eigenvalue weighted by molar-refractivity contribution is 5.74. The van der Waals surface area contributed by atoms with Crippen LogP contribution in [0.3, 0.4) is 0 Å². The second kappa shape index (κ2) is 4.81. The largest absolute Gasteiger partial charge is 0.378 e. The van der Waals surface area contributed by atoms with Crippen molar-refractivity contribution in [3.8, 4) is 0 Å². The van der Waals surface area contributed by atoms with Gasteiger partial charge in [-0.1, -0.05) is 0 Å². The van der Waals surface area contributed by atoms with E-state index in [1.165, 1.54) is 0 Å². The smallest absolute Gasteiger partial charge is 0.320 e. The summed E-state index contributed by atoms with van der Waals surface area (Å²) in [7, 11) is 0. The van der Waals surface area contributed by atoms with Crippen LogP contribution in [0.2, 0.25) is 0 Å². The van der Waals surface area contributed by atoms with E-state index in [9.17, 15) is 4.79 Å². The van der Waals surface area contributed by atoms with E-state index in [0.717, 1.165) is 19.4 Å². The Bertz CT molecular complexity index is 229. The molecule has 86 valence electrons. The summed E-state index contributed by atoms with van der Waals surface area (Å²) in [5.74, 6) is 0. The van der Waals surface area contributed by atoms with Gasteiger partial charge in [-0.25, -0.2) is 4.79 Å². The van der Waals surface area contributed by atoms with Gasteiger partial charge in [0.15, 0.2) is 0 Å². The minimum absolute atomic E-state index is 0.133. The second-order valence-corrected chi connectivity index (χ2v) is 4.23. The van der Waals surface area contributed by atoms with Crippen molar-refractivity contribution in [1.82, 2.24) is 9.80 Å². The molecule has 2 fully saturated rings. The van der Waals surface area contributed by atoms with Gasteiger partial charge >= 0.3 is 6.03 Å². The van der Waals surface area contributed by atoms with E-state index in [0.29, 0.717) is 32.8 Å². The molecule has 2 rings (SSSR count). The van der Waals surface area contributed by atoms with Crippen molar-refractivity contribution in [2.45, 2.75) is 18.9 Å². The number of nitrogens with zero attached hydrogens (tertiary/aromatic N) is 2. The number of nitrogens with two attached hydrogens (primary N) is 1. The van der Waals surface area contributed by atoms with Crippen LogP contribution in [0.4, 0.5) is 4.79 Å². The molecular formula is C10H19N3O2. The molecule has 0 aliphatic carbocycles. The maximum Gasteiger partial charge on any atom is 0.320 e. The first-order valence-corrected chi connectivity index (χ1v) is 5.64. The fourth-order valence-electron chi connectivity index (χ4n) is 2.14. The predicted molar refractivity (Wildman–Crippen MR) is 56.6 cm³/mol. The normalized spacial score (nSPS) is 27.9. The predicted octanol–water partition coefficient (Wildman–Crippen LogP) is -0.138. The Labute approximate surface area is 90.1 Å². The summed E-state index contributed by atoms with van der Waals surface area (Å²) in [6, 6.07) is 0.289. The monoisotopic (exact) mass is 213 g/mol. The van der Waals surface area contributed by atoms with Crippen LogP contribution in [0.1, 0.15) is 12.8 Å². The zero-order chi connectivity index (χ0) is 10.7. The summed E-state index contributed by atoms with van der Waals surface area (Å²) >= 11 is 0. The van der Waals surface area contributed by atoms with Gasteiger partial charge in [-0.05, 0) is 12.8 Å². The number of hydrogen-bond donors (Lipinski definition) is 1. The first-order valence-electron chi connectivity index (χ1n) is 5.64. The minimum Gasteiger partial charge on any atom is -0.378 e. The van der Waals surface area contributed by atoms with Gasteiger partial charge in [0.2, 0.25) is 0 Å². The molecule has 0 saturated carbocycles. The highest BCUT2D eigenvalue weighted by Crippen LogP contribution is 2.11. The van der Waals surface area contributed by atoms with Gasteiger partial charge < -0.3 is 20.3 Å². The van der Waals surface area contributed by atoms with Gasteiger partial charge in [0.1, 0.15) is 0 Å². The SMILES string of the molecule is N[C@@H]1CCCN(C(=O)N2CCOCC2)C1. The third-order valence-electron chi connectivity index (χ3n) is 3.01. The number of carbonyl (C=O) groups excluding carboxylic acids is 1. The fraction of sp³-hybridized carbons (Fsp3) is 0.900. The van der Waals surface area contributed by atoms with Crippen molar-refractivity contribution in [3.05, 3.63) is 0 Å². The van der Waals surface area contributed by atoms with Gasteiger partial charge in [0, 0.05) is 32.2 Å². The van der Waals surface area contributed by atoms with E-state index in [1.807, 2.05) is 9.80 Å². The van der Waals surface area contributed by atoms with Crippen LogP contribution in [0, 0.1) is 0 Å². The topological polar surface area (TPSA) is 58.8 Å². The zero-order valence-corrected chi connectivity index (χ0v) is 9.02. The summed E-state index contributed by atoms with van der Waals surface area (Å²) in [6.07, 6.45) is 2.06. The van der Waals surface area contributed by atoms with E-state index in [2.05, 4.69) is 0 Å². The van der Waals surface area contributed by atoms with Crippen molar-refractivity contribution < 1.29 is 9.53 Å². The van der Waals surface area contributed by atoms with Crippen LogP contribution < -0.4 is 5.73 Å². The van der Waals surface area contributed by atoms with E-state index in [-0.39, 0.29) is 12.1 Å².